The van der Waals surface area contributed by atoms with Crippen molar-refractivity contribution in [2.45, 2.75) is 6.54 Å². The molecule has 0 fully saturated rings. The molecule has 0 aliphatic heterocycles. The zero-order chi connectivity index (χ0) is 14.7. The van der Waals surface area contributed by atoms with Gasteiger partial charge in [-0.2, -0.15) is 4.39 Å². The summed E-state index contributed by atoms with van der Waals surface area (Å²) in [5, 5.41) is 13.5. The van der Waals surface area contributed by atoms with Gasteiger partial charge < -0.3 is 5.32 Å². The van der Waals surface area contributed by atoms with Crippen LogP contribution in [-0.2, 0) is 6.54 Å². The van der Waals surface area contributed by atoms with Crippen molar-refractivity contribution in [2.75, 3.05) is 5.32 Å². The third-order valence-corrected chi connectivity index (χ3v) is 3.23. The quantitative estimate of drug-likeness (QED) is 0.667. The fourth-order valence-corrected chi connectivity index (χ4v) is 2.04. The van der Waals surface area contributed by atoms with E-state index in [0.29, 0.717) is 16.7 Å². The van der Waals surface area contributed by atoms with Crippen LogP contribution in [0.5, 0.6) is 0 Å². The maximum atomic E-state index is 13.2. The number of hydrogen-bond acceptors (Lipinski definition) is 3. The zero-order valence-electron chi connectivity index (χ0n) is 10.1. The molecule has 0 heterocycles. The summed E-state index contributed by atoms with van der Waals surface area (Å²) in [4.78, 5) is 9.84. The summed E-state index contributed by atoms with van der Waals surface area (Å²) in [6, 6.07) is 8.05. The van der Waals surface area contributed by atoms with Crippen molar-refractivity contribution in [3.8, 4) is 0 Å². The van der Waals surface area contributed by atoms with Crippen molar-refractivity contribution in [1.82, 2.24) is 0 Å². The average molecular weight is 343 g/mol. The molecule has 20 heavy (non-hydrogen) atoms. The number of nitrogens with one attached hydrogen (secondary N) is 1. The van der Waals surface area contributed by atoms with Crippen molar-refractivity contribution in [3.63, 3.8) is 0 Å². The molecule has 4 nitrogen and oxygen atoms in total. The topological polar surface area (TPSA) is 55.2 Å². The fraction of sp³-hybridized carbons (Fsp3) is 0.0769. The second-order valence-electron chi connectivity index (χ2n) is 4.03. The molecule has 7 heteroatoms. The normalized spacial score (nSPS) is 10.3. The first kappa shape index (κ1) is 14.4. The van der Waals surface area contributed by atoms with Gasteiger partial charge in [-0.15, -0.1) is 0 Å². The summed E-state index contributed by atoms with van der Waals surface area (Å²) < 4.78 is 26.6. The minimum atomic E-state index is -0.884. The van der Waals surface area contributed by atoms with Crippen LogP contribution >= 0.6 is 15.9 Å². The van der Waals surface area contributed by atoms with Gasteiger partial charge in [-0.05, 0) is 45.8 Å². The first-order valence-corrected chi connectivity index (χ1v) is 6.38. The van der Waals surface area contributed by atoms with Crippen LogP contribution in [0, 0.1) is 21.7 Å². The molecule has 2 aromatic carbocycles. The molecule has 2 aromatic rings. The van der Waals surface area contributed by atoms with Crippen molar-refractivity contribution in [3.05, 3.63) is 68.2 Å². The molecule has 0 unspecified atom stereocenters. The van der Waals surface area contributed by atoms with Crippen LogP contribution in [0.1, 0.15) is 5.56 Å². The Morgan fingerprint density at radius 3 is 2.50 bits per heavy atom. The summed E-state index contributed by atoms with van der Waals surface area (Å²) in [5.74, 6) is -1.25. The predicted molar refractivity (Wildman–Crippen MR) is 74.5 cm³/mol. The van der Waals surface area contributed by atoms with Crippen LogP contribution in [0.3, 0.4) is 0 Å². The summed E-state index contributed by atoms with van der Waals surface area (Å²) >= 11 is 3.07. The highest BCUT2D eigenvalue weighted by Gasteiger charge is 2.14. The Kier molecular flexibility index (Phi) is 4.29. The van der Waals surface area contributed by atoms with E-state index in [-0.39, 0.29) is 5.82 Å². The van der Waals surface area contributed by atoms with Gasteiger partial charge in [-0.3, -0.25) is 10.1 Å². The van der Waals surface area contributed by atoms with E-state index in [2.05, 4.69) is 21.2 Å². The lowest BCUT2D eigenvalue weighted by molar-refractivity contribution is -0.387. The Bertz CT molecular complexity index is 665. The van der Waals surface area contributed by atoms with Crippen molar-refractivity contribution >= 4 is 27.3 Å². The highest BCUT2D eigenvalue weighted by atomic mass is 79.9. The van der Waals surface area contributed by atoms with Gasteiger partial charge in [0.25, 0.3) is 0 Å². The summed E-state index contributed by atoms with van der Waals surface area (Å²) in [6.07, 6.45) is 0. The molecule has 0 aromatic heterocycles. The third kappa shape index (κ3) is 3.30. The standard InChI is InChI=1S/C13H9BrF2N2O2/c14-10-5-8(1-3-11(10)15)7-17-9-2-4-12(16)13(6-9)18(19)20/h1-6,17H,7H2. The highest BCUT2D eigenvalue weighted by molar-refractivity contribution is 9.10. The largest absolute Gasteiger partial charge is 0.381 e. The number of anilines is 1. The molecular formula is C13H9BrF2N2O2. The number of rotatable bonds is 4. The highest BCUT2D eigenvalue weighted by Crippen LogP contribution is 2.23. The lowest BCUT2D eigenvalue weighted by Crippen LogP contribution is -2.01. The minimum absolute atomic E-state index is 0.335. The molecule has 0 spiro atoms. The Labute approximate surface area is 121 Å². The lowest BCUT2D eigenvalue weighted by atomic mass is 10.2. The smallest absolute Gasteiger partial charge is 0.306 e. The van der Waals surface area contributed by atoms with Crippen molar-refractivity contribution < 1.29 is 13.7 Å². The summed E-state index contributed by atoms with van der Waals surface area (Å²) in [7, 11) is 0. The monoisotopic (exact) mass is 342 g/mol. The molecule has 0 aliphatic rings. The number of benzene rings is 2. The SMILES string of the molecule is O=[N+]([O-])c1cc(NCc2ccc(F)c(Br)c2)ccc1F. The first-order valence-electron chi connectivity index (χ1n) is 5.59. The van der Waals surface area contributed by atoms with E-state index in [1.165, 1.54) is 12.1 Å². The van der Waals surface area contributed by atoms with Crippen LogP contribution in [-0.4, -0.2) is 4.92 Å². The van der Waals surface area contributed by atoms with E-state index in [9.17, 15) is 18.9 Å². The lowest BCUT2D eigenvalue weighted by Gasteiger charge is -2.07. The van der Waals surface area contributed by atoms with Gasteiger partial charge in [0.2, 0.25) is 5.82 Å². The molecule has 0 atom stereocenters. The van der Waals surface area contributed by atoms with Crippen LogP contribution in [0.2, 0.25) is 0 Å². The average Bonchev–Trinajstić information content (AvgIpc) is 2.41. The van der Waals surface area contributed by atoms with E-state index in [1.807, 2.05) is 0 Å². The van der Waals surface area contributed by atoms with E-state index in [4.69, 9.17) is 0 Å². The molecule has 2 rings (SSSR count). The molecule has 0 aliphatic carbocycles. The fourth-order valence-electron chi connectivity index (χ4n) is 1.62. The van der Waals surface area contributed by atoms with Gasteiger partial charge in [0.1, 0.15) is 5.82 Å². The van der Waals surface area contributed by atoms with Gasteiger partial charge in [0.15, 0.2) is 0 Å². The molecule has 0 amide bonds. The van der Waals surface area contributed by atoms with E-state index in [0.717, 1.165) is 17.7 Å². The zero-order valence-corrected chi connectivity index (χ0v) is 11.7. The molecule has 104 valence electrons. The molecule has 0 bridgehead atoms. The second-order valence-corrected chi connectivity index (χ2v) is 4.88. The van der Waals surface area contributed by atoms with E-state index >= 15 is 0 Å². The maximum Gasteiger partial charge on any atom is 0.306 e. The summed E-state index contributed by atoms with van der Waals surface area (Å²) in [5.41, 5.74) is 0.610. The number of nitro benzene ring substituents is 1. The second kappa shape index (κ2) is 5.96. The van der Waals surface area contributed by atoms with Crippen LogP contribution in [0.25, 0.3) is 0 Å². The van der Waals surface area contributed by atoms with Gasteiger partial charge in [-0.1, -0.05) is 6.07 Å². The maximum absolute atomic E-state index is 13.2. The van der Waals surface area contributed by atoms with Gasteiger partial charge in [-0.25, -0.2) is 4.39 Å². The first-order chi connectivity index (χ1) is 9.47. The van der Waals surface area contributed by atoms with Crippen LogP contribution in [0.4, 0.5) is 20.2 Å². The number of nitro groups is 1. The van der Waals surface area contributed by atoms with Crippen LogP contribution < -0.4 is 5.32 Å². The number of halogens is 3. The van der Waals surface area contributed by atoms with Crippen LogP contribution in [0.15, 0.2) is 40.9 Å². The third-order valence-electron chi connectivity index (χ3n) is 2.62. The predicted octanol–water partition coefficient (Wildman–Crippen LogP) is 4.25. The van der Waals surface area contributed by atoms with E-state index < -0.39 is 16.4 Å². The Balaban J connectivity index is 2.12. The molecule has 0 radical (unpaired) electrons. The van der Waals surface area contributed by atoms with Crippen molar-refractivity contribution in [1.29, 1.82) is 0 Å². The Morgan fingerprint density at radius 2 is 1.85 bits per heavy atom. The Morgan fingerprint density at radius 1 is 1.15 bits per heavy atom. The molecule has 0 saturated heterocycles. The minimum Gasteiger partial charge on any atom is -0.381 e. The van der Waals surface area contributed by atoms with Gasteiger partial charge >= 0.3 is 5.69 Å². The van der Waals surface area contributed by atoms with Gasteiger partial charge in [0.05, 0.1) is 9.40 Å². The van der Waals surface area contributed by atoms with Gasteiger partial charge in [0, 0.05) is 18.3 Å². The summed E-state index contributed by atoms with van der Waals surface area (Å²) in [6.45, 7) is 0.335. The number of nitrogens with zero attached hydrogens (tertiary/aromatic N) is 1. The molecular weight excluding hydrogens is 334 g/mol. The number of hydrogen-bond donors (Lipinski definition) is 1. The molecule has 1 N–H and O–H groups in total. The van der Waals surface area contributed by atoms with Crippen molar-refractivity contribution in [2.24, 2.45) is 0 Å². The Hall–Kier alpha value is -2.02. The van der Waals surface area contributed by atoms with E-state index in [1.54, 1.807) is 12.1 Å². The molecule has 0 saturated carbocycles.